The minimum absolute atomic E-state index is 0.117. The predicted molar refractivity (Wildman–Crippen MR) is 163 cm³/mol. The average molecular weight is 565 g/mol. The Kier molecular flexibility index (Phi) is 9.46. The van der Waals surface area contributed by atoms with Crippen LogP contribution in [0, 0.1) is 17.8 Å². The molecule has 0 aliphatic carbocycles. The molecule has 5 atom stereocenters. The highest BCUT2D eigenvalue weighted by Gasteiger charge is 2.40. The summed E-state index contributed by atoms with van der Waals surface area (Å²) in [5.41, 5.74) is 3.90. The lowest BCUT2D eigenvalue weighted by atomic mass is 9.83. The number of hydrogen-bond acceptors (Lipinski definition) is 7. The number of urea groups is 1. The molecule has 9 nitrogen and oxygen atoms in total. The van der Waals surface area contributed by atoms with Crippen LogP contribution in [0.4, 0.5) is 16.3 Å². The lowest BCUT2D eigenvalue weighted by Gasteiger charge is -2.39. The van der Waals surface area contributed by atoms with Crippen molar-refractivity contribution in [2.24, 2.45) is 17.8 Å². The highest BCUT2D eigenvalue weighted by Crippen LogP contribution is 2.42. The van der Waals surface area contributed by atoms with Crippen molar-refractivity contribution < 1.29 is 14.6 Å². The van der Waals surface area contributed by atoms with E-state index >= 15 is 0 Å². The van der Waals surface area contributed by atoms with Crippen LogP contribution in [0.3, 0.4) is 0 Å². The minimum Gasteiger partial charge on any atom is -0.378 e. The number of nitrogens with one attached hydrogen (secondary N) is 2. The van der Waals surface area contributed by atoms with Gasteiger partial charge in [-0.05, 0) is 81.0 Å². The number of benzene rings is 1. The molecule has 0 radical (unpaired) electrons. The zero-order chi connectivity index (χ0) is 29.1. The van der Waals surface area contributed by atoms with Gasteiger partial charge >= 0.3 is 6.03 Å². The first-order valence-corrected chi connectivity index (χ1v) is 15.6. The molecule has 41 heavy (non-hydrogen) atoms. The Bertz CT molecular complexity index is 1190. The molecule has 2 fully saturated rings. The number of anilines is 2. The lowest BCUT2D eigenvalue weighted by molar-refractivity contribution is 0.0122. The van der Waals surface area contributed by atoms with Gasteiger partial charge in [0.25, 0.3) is 0 Å². The molecule has 4 heterocycles. The van der Waals surface area contributed by atoms with Crippen molar-refractivity contribution in [3.05, 3.63) is 35.5 Å². The zero-order valence-corrected chi connectivity index (χ0v) is 25.4. The van der Waals surface area contributed by atoms with Crippen LogP contribution in [0.25, 0.3) is 11.4 Å². The van der Waals surface area contributed by atoms with E-state index in [1.807, 2.05) is 24.3 Å². The molecule has 0 spiro atoms. The second kappa shape index (κ2) is 13.0. The Labute approximate surface area is 245 Å². The van der Waals surface area contributed by atoms with Gasteiger partial charge in [-0.3, -0.25) is 4.90 Å². The van der Waals surface area contributed by atoms with Crippen LogP contribution < -0.4 is 15.5 Å². The van der Waals surface area contributed by atoms with Crippen LogP contribution >= 0.6 is 0 Å². The molecule has 1 aromatic carbocycles. The van der Waals surface area contributed by atoms with Gasteiger partial charge in [0.1, 0.15) is 12.0 Å². The topological polar surface area (TPSA) is 103 Å². The first-order chi connectivity index (χ1) is 19.7. The molecule has 1 aromatic heterocycles. The molecule has 2 amide bonds. The van der Waals surface area contributed by atoms with E-state index in [0.29, 0.717) is 43.3 Å². The van der Waals surface area contributed by atoms with Crippen LogP contribution in [0.15, 0.2) is 24.3 Å². The fourth-order valence-electron chi connectivity index (χ4n) is 6.52. The van der Waals surface area contributed by atoms with Gasteiger partial charge in [0, 0.05) is 36.4 Å². The van der Waals surface area contributed by atoms with E-state index in [4.69, 9.17) is 14.7 Å². The third-order valence-electron chi connectivity index (χ3n) is 9.55. The normalized spacial score (nSPS) is 24.1. The third kappa shape index (κ3) is 6.68. The van der Waals surface area contributed by atoms with Gasteiger partial charge in [-0.2, -0.15) is 0 Å². The molecular formula is C32H48N6O3. The minimum atomic E-state index is -0.402. The highest BCUT2D eigenvalue weighted by molar-refractivity contribution is 5.89. The van der Waals surface area contributed by atoms with E-state index in [2.05, 4.69) is 55.1 Å². The maximum atomic E-state index is 12.5. The summed E-state index contributed by atoms with van der Waals surface area (Å²) in [5, 5.41) is 16.5. The fourth-order valence-corrected chi connectivity index (χ4v) is 6.52. The Balaban J connectivity index is 1.28. The van der Waals surface area contributed by atoms with E-state index < -0.39 is 6.23 Å². The summed E-state index contributed by atoms with van der Waals surface area (Å²) >= 11 is 0. The summed E-state index contributed by atoms with van der Waals surface area (Å²) in [6.07, 6.45) is 4.18. The number of ether oxygens (including phenoxy) is 1. The SMILES string of the molecule is CC(C)C(C)C(C)CCCNC(=O)Nc1ccc(-c2nc3c(c(N4CCOCC4C)n2)CCN2C(O)CCC32)cc1. The molecule has 2 saturated heterocycles. The molecule has 2 aromatic rings. The number of morpholine rings is 1. The average Bonchev–Trinajstić information content (AvgIpc) is 3.35. The van der Waals surface area contributed by atoms with E-state index in [1.165, 1.54) is 5.56 Å². The number of aliphatic hydroxyl groups is 1. The molecule has 0 saturated carbocycles. The number of aromatic nitrogens is 2. The molecule has 3 aliphatic heterocycles. The molecular weight excluding hydrogens is 516 g/mol. The first-order valence-electron chi connectivity index (χ1n) is 15.6. The summed E-state index contributed by atoms with van der Waals surface area (Å²) in [7, 11) is 0. The number of rotatable bonds is 9. The van der Waals surface area contributed by atoms with Crippen LogP contribution in [-0.2, 0) is 11.2 Å². The monoisotopic (exact) mass is 564 g/mol. The number of aliphatic hydroxyl groups excluding tert-OH is 1. The number of carbonyl (C=O) groups excluding carboxylic acids is 1. The van der Waals surface area contributed by atoms with E-state index in [1.54, 1.807) is 0 Å². The van der Waals surface area contributed by atoms with Crippen molar-refractivity contribution in [1.82, 2.24) is 20.2 Å². The number of nitrogens with zero attached hydrogens (tertiary/aromatic N) is 4. The maximum absolute atomic E-state index is 12.5. The molecule has 3 aliphatic rings. The third-order valence-corrected chi connectivity index (χ3v) is 9.55. The molecule has 5 unspecified atom stereocenters. The van der Waals surface area contributed by atoms with Crippen molar-refractivity contribution in [2.75, 3.05) is 43.1 Å². The van der Waals surface area contributed by atoms with E-state index in [9.17, 15) is 9.90 Å². The van der Waals surface area contributed by atoms with Gasteiger partial charge in [-0.1, -0.05) is 27.7 Å². The molecule has 3 N–H and O–H groups in total. The van der Waals surface area contributed by atoms with Gasteiger partial charge < -0.3 is 25.4 Å². The Hall–Kier alpha value is -2.75. The largest absolute Gasteiger partial charge is 0.378 e. The summed E-state index contributed by atoms with van der Waals surface area (Å²) in [6.45, 7) is 15.0. The van der Waals surface area contributed by atoms with Crippen molar-refractivity contribution in [1.29, 1.82) is 0 Å². The Morgan fingerprint density at radius 3 is 2.63 bits per heavy atom. The zero-order valence-electron chi connectivity index (χ0n) is 25.4. The van der Waals surface area contributed by atoms with E-state index in [-0.39, 0.29) is 18.1 Å². The van der Waals surface area contributed by atoms with E-state index in [0.717, 1.165) is 68.0 Å². The Morgan fingerprint density at radius 1 is 1.12 bits per heavy atom. The van der Waals surface area contributed by atoms with Crippen molar-refractivity contribution >= 4 is 17.5 Å². The lowest BCUT2D eigenvalue weighted by Crippen LogP contribution is -2.46. The first kappa shape index (κ1) is 29.7. The van der Waals surface area contributed by atoms with Crippen molar-refractivity contribution in [3.63, 3.8) is 0 Å². The van der Waals surface area contributed by atoms with Gasteiger partial charge in [-0.15, -0.1) is 0 Å². The van der Waals surface area contributed by atoms with Gasteiger partial charge in [0.05, 0.1) is 31.0 Å². The second-order valence-corrected chi connectivity index (χ2v) is 12.6. The molecule has 224 valence electrons. The summed E-state index contributed by atoms with van der Waals surface area (Å²) < 4.78 is 5.71. The van der Waals surface area contributed by atoms with Crippen LogP contribution in [-0.4, -0.2) is 71.1 Å². The van der Waals surface area contributed by atoms with Crippen LogP contribution in [0.2, 0.25) is 0 Å². The summed E-state index contributed by atoms with van der Waals surface area (Å²) in [6, 6.07) is 7.93. The van der Waals surface area contributed by atoms with Gasteiger partial charge in [0.15, 0.2) is 5.82 Å². The van der Waals surface area contributed by atoms with Gasteiger partial charge in [-0.25, -0.2) is 14.8 Å². The number of hydrogen-bond donors (Lipinski definition) is 3. The van der Waals surface area contributed by atoms with Gasteiger partial charge in [0.2, 0.25) is 0 Å². The smallest absolute Gasteiger partial charge is 0.319 e. The number of fused-ring (bicyclic) bond motifs is 3. The van der Waals surface area contributed by atoms with Crippen LogP contribution in [0.1, 0.15) is 77.6 Å². The fraction of sp³-hybridized carbons (Fsp3) is 0.656. The quantitative estimate of drug-likeness (QED) is 0.359. The van der Waals surface area contributed by atoms with Crippen molar-refractivity contribution in [3.8, 4) is 11.4 Å². The second-order valence-electron chi connectivity index (χ2n) is 12.6. The van der Waals surface area contributed by atoms with Crippen molar-refractivity contribution in [2.45, 2.75) is 85.0 Å². The number of carbonyl (C=O) groups is 1. The maximum Gasteiger partial charge on any atom is 0.319 e. The molecule has 0 bridgehead atoms. The Morgan fingerprint density at radius 2 is 1.90 bits per heavy atom. The summed E-state index contributed by atoms with van der Waals surface area (Å²) in [4.78, 5) is 27.3. The highest BCUT2D eigenvalue weighted by atomic mass is 16.5. The number of amides is 2. The standard InChI is InChI=1S/C32H48N6O3/c1-20(2)23(5)21(3)7-6-15-33-32(40)34-25-10-8-24(9-11-25)30-35-29-26(14-16-38-27(29)12-13-28(38)39)31(36-30)37-17-18-41-19-22(37)4/h8-11,20-23,27-28,39H,6-7,12-19H2,1-5H3,(H2,33,34,40). The molecule has 5 rings (SSSR count). The predicted octanol–water partition coefficient (Wildman–Crippen LogP) is 5.21. The summed E-state index contributed by atoms with van der Waals surface area (Å²) in [5.74, 6) is 3.68. The molecule has 9 heteroatoms. The van der Waals surface area contributed by atoms with Crippen LogP contribution in [0.5, 0.6) is 0 Å².